The second-order valence-electron chi connectivity index (χ2n) is 7.46. The summed E-state index contributed by atoms with van der Waals surface area (Å²) in [7, 11) is 1.37. The number of rotatable bonds is 5. The van der Waals surface area contributed by atoms with Crippen LogP contribution >= 0.6 is 0 Å². The topological polar surface area (TPSA) is 109 Å². The second-order valence-corrected chi connectivity index (χ2v) is 7.46. The summed E-state index contributed by atoms with van der Waals surface area (Å²) in [5.41, 5.74) is 7.86. The first-order valence-electron chi connectivity index (χ1n) is 9.74. The molecule has 8 heteroatoms. The van der Waals surface area contributed by atoms with Gasteiger partial charge in [0.05, 0.1) is 18.0 Å². The molecular weight excluding hydrogens is 384 g/mol. The van der Waals surface area contributed by atoms with Gasteiger partial charge < -0.3 is 15.4 Å². The van der Waals surface area contributed by atoms with Gasteiger partial charge in [0.25, 0.3) is 5.56 Å². The van der Waals surface area contributed by atoms with Gasteiger partial charge in [0.1, 0.15) is 19.6 Å². The van der Waals surface area contributed by atoms with E-state index in [-0.39, 0.29) is 24.6 Å². The van der Waals surface area contributed by atoms with Gasteiger partial charge in [-0.1, -0.05) is 36.4 Å². The Kier molecular flexibility index (Phi) is 5.33. The third-order valence-corrected chi connectivity index (χ3v) is 5.58. The van der Waals surface area contributed by atoms with Crippen LogP contribution in [-0.4, -0.2) is 34.6 Å². The van der Waals surface area contributed by atoms with Crippen molar-refractivity contribution in [3.63, 3.8) is 0 Å². The van der Waals surface area contributed by atoms with Crippen molar-refractivity contribution in [2.24, 2.45) is 5.73 Å². The molecule has 0 radical (unpaired) electrons. The summed E-state index contributed by atoms with van der Waals surface area (Å²) in [6, 6.07) is 14.5. The highest BCUT2D eigenvalue weighted by molar-refractivity contribution is 5.78. The average molecular weight is 407 g/mol. The fraction of sp³-hybridized carbons (Fsp3) is 0.273. The highest BCUT2D eigenvalue weighted by Gasteiger charge is 2.37. The molecule has 8 nitrogen and oxygen atoms in total. The van der Waals surface area contributed by atoms with Crippen molar-refractivity contribution in [1.29, 1.82) is 0 Å². The number of hydrogen-bond donors (Lipinski definition) is 2. The van der Waals surface area contributed by atoms with Crippen molar-refractivity contribution in [2.45, 2.75) is 32.1 Å². The van der Waals surface area contributed by atoms with Gasteiger partial charge >= 0.3 is 5.97 Å². The van der Waals surface area contributed by atoms with E-state index in [9.17, 15) is 14.4 Å². The average Bonchev–Trinajstić information content (AvgIpc) is 2.75. The molecular formula is C22H23N4O4+. The molecule has 30 heavy (non-hydrogen) atoms. The predicted octanol–water partition coefficient (Wildman–Crippen LogP) is -0.435. The normalized spacial score (nSPS) is 18.0. The summed E-state index contributed by atoms with van der Waals surface area (Å²) in [5, 5.41) is 0.422. The summed E-state index contributed by atoms with van der Waals surface area (Å²) >= 11 is 0. The number of carbonyl (C=O) groups excluding carboxylic acids is 2. The van der Waals surface area contributed by atoms with Crippen LogP contribution < -0.4 is 16.2 Å². The number of para-hydroxylation sites is 1. The molecule has 0 spiro atoms. The van der Waals surface area contributed by atoms with Crippen LogP contribution in [0.1, 0.15) is 17.0 Å². The number of aromatic nitrogens is 2. The summed E-state index contributed by atoms with van der Waals surface area (Å²) in [4.78, 5) is 42.7. The Labute approximate surface area is 172 Å². The van der Waals surface area contributed by atoms with E-state index in [0.717, 1.165) is 16.0 Å². The Morgan fingerprint density at radius 1 is 1.17 bits per heavy atom. The Morgan fingerprint density at radius 2 is 1.87 bits per heavy atom. The van der Waals surface area contributed by atoms with Crippen molar-refractivity contribution < 1.29 is 19.2 Å². The summed E-state index contributed by atoms with van der Waals surface area (Å²) in [5.74, 6) is -0.524. The van der Waals surface area contributed by atoms with E-state index in [0.29, 0.717) is 29.7 Å². The molecule has 0 bridgehead atoms. The van der Waals surface area contributed by atoms with E-state index >= 15 is 0 Å². The molecule has 1 amide bonds. The minimum Gasteiger partial charge on any atom is -0.465 e. The lowest BCUT2D eigenvalue weighted by atomic mass is 9.94. The number of primary amides is 1. The number of nitrogens with one attached hydrogen (secondary N) is 1. The lowest BCUT2D eigenvalue weighted by Gasteiger charge is -2.32. The SMILES string of the molecule is COC(=O)[C@@H]1Cc2ccccc2C[NH+]1Cc1nc2ccccc2c(=O)n1CC(N)=O. The van der Waals surface area contributed by atoms with Gasteiger partial charge in [-0.15, -0.1) is 0 Å². The lowest BCUT2D eigenvalue weighted by Crippen LogP contribution is -3.15. The molecule has 0 saturated carbocycles. The van der Waals surface area contributed by atoms with Crippen molar-refractivity contribution in [3.05, 3.63) is 75.8 Å². The molecule has 1 aliphatic rings. The fourth-order valence-corrected chi connectivity index (χ4v) is 4.11. The Morgan fingerprint density at radius 3 is 2.60 bits per heavy atom. The van der Waals surface area contributed by atoms with Crippen LogP contribution in [0, 0.1) is 0 Å². The first kappa shape index (κ1) is 19.8. The Bertz CT molecular complexity index is 1190. The Hall–Kier alpha value is -3.52. The molecule has 2 heterocycles. The zero-order chi connectivity index (χ0) is 21.3. The van der Waals surface area contributed by atoms with Gasteiger partial charge in [-0.25, -0.2) is 9.78 Å². The quantitative estimate of drug-likeness (QED) is 0.558. The third kappa shape index (κ3) is 3.69. The number of carbonyl (C=O) groups is 2. The van der Waals surface area contributed by atoms with E-state index in [1.54, 1.807) is 24.3 Å². The number of hydrogen-bond acceptors (Lipinski definition) is 5. The van der Waals surface area contributed by atoms with Crippen molar-refractivity contribution in [1.82, 2.24) is 9.55 Å². The molecule has 1 unspecified atom stereocenters. The predicted molar refractivity (Wildman–Crippen MR) is 110 cm³/mol. The summed E-state index contributed by atoms with van der Waals surface area (Å²) in [6.07, 6.45) is 0.534. The maximum Gasteiger partial charge on any atom is 0.365 e. The van der Waals surface area contributed by atoms with Crippen molar-refractivity contribution >= 4 is 22.8 Å². The highest BCUT2D eigenvalue weighted by Crippen LogP contribution is 2.15. The largest absolute Gasteiger partial charge is 0.465 e. The summed E-state index contributed by atoms with van der Waals surface area (Å²) < 4.78 is 6.35. The van der Waals surface area contributed by atoms with Crippen LogP contribution in [0.3, 0.4) is 0 Å². The zero-order valence-corrected chi connectivity index (χ0v) is 16.6. The van der Waals surface area contributed by atoms with E-state index in [2.05, 4.69) is 4.98 Å². The molecule has 1 aromatic heterocycles. The van der Waals surface area contributed by atoms with Crippen LogP contribution in [-0.2, 0) is 40.4 Å². The number of amides is 1. The monoisotopic (exact) mass is 407 g/mol. The van der Waals surface area contributed by atoms with Crippen LogP contribution in [0.2, 0.25) is 0 Å². The van der Waals surface area contributed by atoms with Crippen LogP contribution in [0.25, 0.3) is 10.9 Å². The maximum absolute atomic E-state index is 13.0. The molecule has 0 saturated heterocycles. The van der Waals surface area contributed by atoms with Crippen LogP contribution in [0.4, 0.5) is 0 Å². The first-order chi connectivity index (χ1) is 14.5. The van der Waals surface area contributed by atoms with E-state index < -0.39 is 11.9 Å². The van der Waals surface area contributed by atoms with E-state index in [1.165, 1.54) is 11.7 Å². The molecule has 0 aliphatic carbocycles. The number of nitrogens with zero attached hydrogens (tertiary/aromatic N) is 2. The van der Waals surface area contributed by atoms with E-state index in [1.807, 2.05) is 24.3 Å². The third-order valence-electron chi connectivity index (χ3n) is 5.58. The van der Waals surface area contributed by atoms with Gasteiger partial charge in [-0.05, 0) is 17.7 Å². The van der Waals surface area contributed by atoms with Gasteiger partial charge in [0.15, 0.2) is 11.9 Å². The fourth-order valence-electron chi connectivity index (χ4n) is 4.11. The number of benzene rings is 2. The van der Waals surface area contributed by atoms with Crippen LogP contribution in [0.15, 0.2) is 53.3 Å². The van der Waals surface area contributed by atoms with E-state index in [4.69, 9.17) is 10.5 Å². The maximum atomic E-state index is 13.0. The van der Waals surface area contributed by atoms with Gasteiger partial charge in [-0.2, -0.15) is 0 Å². The Balaban J connectivity index is 1.79. The standard InChI is InChI=1S/C22H22N4O4/c1-30-22(29)18-10-14-6-2-3-7-15(14)11-25(18)13-20-24-17-9-5-4-8-16(17)21(28)26(20)12-19(23)27/h2-9,18H,10-13H2,1H3,(H2,23,27)/p+1/t18-/m0/s1. The number of nitrogens with two attached hydrogens (primary N) is 1. The molecule has 1 aliphatic heterocycles. The van der Waals surface area contributed by atoms with Crippen LogP contribution in [0.5, 0.6) is 0 Å². The number of esters is 1. The van der Waals surface area contributed by atoms with Crippen molar-refractivity contribution in [3.8, 4) is 0 Å². The molecule has 3 aromatic rings. The highest BCUT2D eigenvalue weighted by atomic mass is 16.5. The molecule has 2 atom stereocenters. The minimum absolute atomic E-state index is 0.265. The summed E-state index contributed by atoms with van der Waals surface area (Å²) in [6.45, 7) is 0.593. The minimum atomic E-state index is -0.626. The molecule has 2 aromatic carbocycles. The smallest absolute Gasteiger partial charge is 0.365 e. The second kappa shape index (κ2) is 8.08. The number of ether oxygens (including phenoxy) is 1. The van der Waals surface area contributed by atoms with Gasteiger partial charge in [-0.3, -0.25) is 14.2 Å². The number of quaternary nitrogens is 1. The van der Waals surface area contributed by atoms with Gasteiger partial charge in [0.2, 0.25) is 5.91 Å². The zero-order valence-electron chi connectivity index (χ0n) is 16.6. The number of methoxy groups -OCH3 is 1. The first-order valence-corrected chi connectivity index (χ1v) is 9.74. The number of fused-ring (bicyclic) bond motifs is 2. The molecule has 4 rings (SSSR count). The molecule has 3 N–H and O–H groups in total. The lowest BCUT2D eigenvalue weighted by molar-refractivity contribution is -0.946. The molecule has 154 valence electrons. The van der Waals surface area contributed by atoms with Crippen molar-refractivity contribution in [2.75, 3.05) is 7.11 Å². The van der Waals surface area contributed by atoms with Gasteiger partial charge in [0, 0.05) is 12.0 Å². The molecule has 0 fully saturated rings.